The Morgan fingerprint density at radius 1 is 0.933 bits per heavy atom. The number of anilines is 1. The van der Waals surface area contributed by atoms with E-state index in [2.05, 4.69) is 5.32 Å². The van der Waals surface area contributed by atoms with Crippen molar-refractivity contribution in [2.45, 2.75) is 20.0 Å². The van der Waals surface area contributed by atoms with E-state index in [0.29, 0.717) is 22.0 Å². The van der Waals surface area contributed by atoms with Crippen LogP contribution in [0.1, 0.15) is 22.8 Å². The fourth-order valence-corrected chi connectivity index (χ4v) is 3.12. The maximum atomic E-state index is 12.9. The highest BCUT2D eigenvalue weighted by molar-refractivity contribution is 6.30. The van der Waals surface area contributed by atoms with E-state index in [-0.39, 0.29) is 6.61 Å². The lowest BCUT2D eigenvalue weighted by Crippen LogP contribution is -2.28. The minimum atomic E-state index is -1.10. The van der Waals surface area contributed by atoms with Crippen LogP contribution in [-0.2, 0) is 14.3 Å². The quantitative estimate of drug-likeness (QED) is 0.526. The summed E-state index contributed by atoms with van der Waals surface area (Å²) < 4.78 is 10.9. The minimum absolute atomic E-state index is 0.332. The summed E-state index contributed by atoms with van der Waals surface area (Å²) in [4.78, 5) is 25.3. The fraction of sp³-hybridized carbons (Fsp3) is 0.167. The monoisotopic (exact) mass is 423 g/mol. The Hall–Kier alpha value is -3.31. The van der Waals surface area contributed by atoms with Crippen LogP contribution in [0.2, 0.25) is 5.02 Å². The van der Waals surface area contributed by atoms with Crippen molar-refractivity contribution in [1.82, 2.24) is 0 Å². The van der Waals surface area contributed by atoms with Crippen LogP contribution in [0.15, 0.2) is 72.8 Å². The molecular weight excluding hydrogens is 402 g/mol. The largest absolute Gasteiger partial charge is 0.482 e. The standard InChI is InChI=1S/C24H22ClNO4/c1-16-12-17(2)14-20(13-16)26-24(28)23(18-6-4-3-5-7-18)30-22(27)15-29-21-10-8-19(25)9-11-21/h3-14,23H,15H2,1-2H3,(H,26,28)/t23-/m0/s1. The average molecular weight is 424 g/mol. The highest BCUT2D eigenvalue weighted by Gasteiger charge is 2.25. The van der Waals surface area contributed by atoms with Gasteiger partial charge in [0.2, 0.25) is 6.10 Å². The van der Waals surface area contributed by atoms with E-state index in [1.807, 2.05) is 38.1 Å². The Balaban J connectivity index is 1.71. The molecule has 0 radical (unpaired) electrons. The van der Waals surface area contributed by atoms with Gasteiger partial charge in [0, 0.05) is 16.3 Å². The van der Waals surface area contributed by atoms with E-state index in [4.69, 9.17) is 21.1 Å². The summed E-state index contributed by atoms with van der Waals surface area (Å²) >= 11 is 5.84. The van der Waals surface area contributed by atoms with E-state index in [0.717, 1.165) is 11.1 Å². The molecule has 154 valence electrons. The van der Waals surface area contributed by atoms with E-state index in [9.17, 15) is 9.59 Å². The summed E-state index contributed by atoms with van der Waals surface area (Å²) in [5, 5.41) is 3.40. The lowest BCUT2D eigenvalue weighted by Gasteiger charge is -2.18. The van der Waals surface area contributed by atoms with Gasteiger partial charge in [-0.1, -0.05) is 48.0 Å². The highest BCUT2D eigenvalue weighted by atomic mass is 35.5. The van der Waals surface area contributed by atoms with Crippen molar-refractivity contribution in [3.8, 4) is 5.75 Å². The molecule has 0 unspecified atom stereocenters. The zero-order valence-electron chi connectivity index (χ0n) is 16.7. The topological polar surface area (TPSA) is 64.6 Å². The van der Waals surface area contributed by atoms with Gasteiger partial charge in [-0.2, -0.15) is 0 Å². The second-order valence-electron chi connectivity index (χ2n) is 6.89. The normalized spacial score (nSPS) is 11.4. The van der Waals surface area contributed by atoms with E-state index in [1.54, 1.807) is 48.5 Å². The van der Waals surface area contributed by atoms with Crippen LogP contribution in [0.5, 0.6) is 5.75 Å². The number of nitrogens with one attached hydrogen (secondary N) is 1. The number of carbonyl (C=O) groups is 2. The molecule has 30 heavy (non-hydrogen) atoms. The number of amides is 1. The third-order valence-corrected chi connectivity index (χ3v) is 4.50. The zero-order chi connectivity index (χ0) is 21.5. The Kier molecular flexibility index (Phi) is 7.09. The van der Waals surface area contributed by atoms with E-state index < -0.39 is 18.0 Å². The third-order valence-electron chi connectivity index (χ3n) is 4.25. The molecule has 3 aromatic carbocycles. The molecule has 0 fully saturated rings. The molecule has 3 rings (SSSR count). The molecule has 1 atom stereocenters. The van der Waals surface area contributed by atoms with Gasteiger partial charge in [0.25, 0.3) is 5.91 Å². The van der Waals surface area contributed by atoms with E-state index >= 15 is 0 Å². The number of benzene rings is 3. The zero-order valence-corrected chi connectivity index (χ0v) is 17.5. The first-order valence-corrected chi connectivity index (χ1v) is 9.80. The third kappa shape index (κ3) is 6.09. The Bertz CT molecular complexity index is 999. The molecule has 0 aliphatic heterocycles. The van der Waals surface area contributed by atoms with E-state index in [1.165, 1.54) is 0 Å². The predicted octanol–water partition coefficient (Wildman–Crippen LogP) is 5.26. The van der Waals surface area contributed by atoms with Crippen molar-refractivity contribution in [3.63, 3.8) is 0 Å². The lowest BCUT2D eigenvalue weighted by molar-refractivity contribution is -0.156. The van der Waals surface area contributed by atoms with Crippen molar-refractivity contribution >= 4 is 29.2 Å². The number of halogens is 1. The molecule has 1 amide bonds. The molecule has 6 heteroatoms. The van der Waals surface area contributed by atoms with Crippen LogP contribution in [0.25, 0.3) is 0 Å². The average Bonchev–Trinajstić information content (AvgIpc) is 2.71. The van der Waals surface area contributed by atoms with Crippen molar-refractivity contribution in [2.75, 3.05) is 11.9 Å². The first-order valence-electron chi connectivity index (χ1n) is 9.42. The number of rotatable bonds is 7. The highest BCUT2D eigenvalue weighted by Crippen LogP contribution is 2.22. The molecule has 0 aromatic heterocycles. The molecule has 5 nitrogen and oxygen atoms in total. The lowest BCUT2D eigenvalue weighted by atomic mass is 10.1. The fourth-order valence-electron chi connectivity index (χ4n) is 2.99. The molecule has 0 saturated carbocycles. The summed E-state index contributed by atoms with van der Waals surface area (Å²) in [5.41, 5.74) is 3.26. The maximum absolute atomic E-state index is 12.9. The number of aryl methyl sites for hydroxylation is 2. The Morgan fingerprint density at radius 3 is 2.20 bits per heavy atom. The summed E-state index contributed by atoms with van der Waals surface area (Å²) in [6.07, 6.45) is -1.10. The molecular formula is C24H22ClNO4. The summed E-state index contributed by atoms with van der Waals surface area (Å²) in [7, 11) is 0. The Labute approximate surface area is 180 Å². The molecule has 0 heterocycles. The predicted molar refractivity (Wildman–Crippen MR) is 117 cm³/mol. The van der Waals surface area contributed by atoms with Crippen molar-refractivity contribution < 1.29 is 19.1 Å². The molecule has 1 N–H and O–H groups in total. The first kappa shape index (κ1) is 21.4. The van der Waals surface area contributed by atoms with Crippen molar-refractivity contribution in [1.29, 1.82) is 0 Å². The maximum Gasteiger partial charge on any atom is 0.345 e. The molecule has 3 aromatic rings. The van der Waals surface area contributed by atoms with Gasteiger partial charge in [0.05, 0.1) is 0 Å². The first-order chi connectivity index (χ1) is 14.4. The number of hydrogen-bond donors (Lipinski definition) is 1. The number of hydrogen-bond acceptors (Lipinski definition) is 4. The van der Waals surface area contributed by atoms with Gasteiger partial charge in [-0.15, -0.1) is 0 Å². The molecule has 0 aliphatic carbocycles. The van der Waals surface area contributed by atoms with Crippen LogP contribution in [0, 0.1) is 13.8 Å². The van der Waals surface area contributed by atoms with Crippen LogP contribution in [0.4, 0.5) is 5.69 Å². The van der Waals surface area contributed by atoms with Gasteiger partial charge in [-0.3, -0.25) is 4.79 Å². The number of ether oxygens (including phenoxy) is 2. The van der Waals surface area contributed by atoms with Gasteiger partial charge < -0.3 is 14.8 Å². The van der Waals surface area contributed by atoms with Crippen LogP contribution in [0.3, 0.4) is 0 Å². The smallest absolute Gasteiger partial charge is 0.345 e. The molecule has 0 saturated heterocycles. The van der Waals surface area contributed by atoms with Gasteiger partial charge in [-0.05, 0) is 61.4 Å². The van der Waals surface area contributed by atoms with Crippen LogP contribution >= 0.6 is 11.6 Å². The van der Waals surface area contributed by atoms with Gasteiger partial charge in [0.1, 0.15) is 5.75 Å². The number of esters is 1. The Morgan fingerprint density at radius 2 is 1.57 bits per heavy atom. The second-order valence-corrected chi connectivity index (χ2v) is 7.33. The van der Waals surface area contributed by atoms with Crippen LogP contribution in [-0.4, -0.2) is 18.5 Å². The van der Waals surface area contributed by atoms with Crippen LogP contribution < -0.4 is 10.1 Å². The SMILES string of the molecule is Cc1cc(C)cc(NC(=O)[C@@H](OC(=O)COc2ccc(Cl)cc2)c2ccccc2)c1. The van der Waals surface area contributed by atoms with Gasteiger partial charge in [-0.25, -0.2) is 4.79 Å². The van der Waals surface area contributed by atoms with Gasteiger partial charge in [0.15, 0.2) is 6.61 Å². The summed E-state index contributed by atoms with van der Waals surface area (Å²) in [6, 6.07) is 21.2. The summed E-state index contributed by atoms with van der Waals surface area (Å²) in [6.45, 7) is 3.57. The summed E-state index contributed by atoms with van der Waals surface area (Å²) in [5.74, 6) is -0.618. The minimum Gasteiger partial charge on any atom is -0.482 e. The molecule has 0 spiro atoms. The van der Waals surface area contributed by atoms with Crippen molar-refractivity contribution in [2.24, 2.45) is 0 Å². The number of carbonyl (C=O) groups excluding carboxylic acids is 2. The van der Waals surface area contributed by atoms with Gasteiger partial charge >= 0.3 is 5.97 Å². The van der Waals surface area contributed by atoms with Crippen molar-refractivity contribution in [3.05, 3.63) is 94.5 Å². The second kappa shape index (κ2) is 9.94. The molecule has 0 aliphatic rings. The molecule has 0 bridgehead atoms.